The zero-order chi connectivity index (χ0) is 18.4. The Balaban J connectivity index is 1.85. The van der Waals surface area contributed by atoms with Gasteiger partial charge in [-0.15, -0.1) is 0 Å². The van der Waals surface area contributed by atoms with Gasteiger partial charge in [0.15, 0.2) is 0 Å². The molecule has 4 heteroatoms. The lowest BCUT2D eigenvalue weighted by molar-refractivity contribution is -0.132. The molecule has 1 N–H and O–H groups in total. The van der Waals surface area contributed by atoms with Crippen molar-refractivity contribution in [1.29, 1.82) is 0 Å². The molecule has 0 saturated carbocycles. The van der Waals surface area contributed by atoms with Crippen LogP contribution < -0.4 is 0 Å². The van der Waals surface area contributed by atoms with Crippen molar-refractivity contribution >= 4 is 22.6 Å². The summed E-state index contributed by atoms with van der Waals surface area (Å²) in [6.45, 7) is 0.818. The second-order valence-corrected chi connectivity index (χ2v) is 6.03. The van der Waals surface area contributed by atoms with E-state index in [4.69, 9.17) is 5.11 Å². The second kappa shape index (κ2) is 8.12. The quantitative estimate of drug-likeness (QED) is 0.687. The highest BCUT2D eigenvalue weighted by Crippen LogP contribution is 2.18. The molecule has 26 heavy (non-hydrogen) atoms. The molecule has 1 amide bonds. The monoisotopic (exact) mass is 345 g/mol. The van der Waals surface area contributed by atoms with E-state index >= 15 is 0 Å². The summed E-state index contributed by atoms with van der Waals surface area (Å²) >= 11 is 0. The molecule has 0 saturated heterocycles. The van der Waals surface area contributed by atoms with Gasteiger partial charge in [0.25, 0.3) is 0 Å². The molecular weight excluding hydrogens is 326 g/mol. The summed E-state index contributed by atoms with van der Waals surface area (Å²) in [5, 5.41) is 11.0. The minimum atomic E-state index is -1.14. The summed E-state index contributed by atoms with van der Waals surface area (Å²) in [4.78, 5) is 24.9. The molecule has 0 spiro atoms. The van der Waals surface area contributed by atoms with Crippen LogP contribution in [-0.2, 0) is 22.7 Å². The van der Waals surface area contributed by atoms with Gasteiger partial charge in [0.2, 0.25) is 5.91 Å². The normalized spacial score (nSPS) is 10.9. The first-order valence-electron chi connectivity index (χ1n) is 8.33. The molecule has 130 valence electrons. The summed E-state index contributed by atoms with van der Waals surface area (Å²) in [6.07, 6.45) is 1.98. The lowest BCUT2D eigenvalue weighted by Gasteiger charge is -2.22. The number of carbonyl (C=O) groups excluding carboxylic acids is 1. The number of carboxylic acid groups (broad SMARTS) is 1. The van der Waals surface area contributed by atoms with Crippen molar-refractivity contribution in [3.63, 3.8) is 0 Å². The first-order valence-corrected chi connectivity index (χ1v) is 8.33. The first-order chi connectivity index (χ1) is 12.6. The van der Waals surface area contributed by atoms with Gasteiger partial charge in [-0.05, 0) is 28.0 Å². The van der Waals surface area contributed by atoms with Crippen LogP contribution in [0, 0.1) is 0 Å². The Morgan fingerprint density at radius 2 is 1.42 bits per heavy atom. The minimum absolute atomic E-state index is 0.329. The fourth-order valence-electron chi connectivity index (χ4n) is 2.82. The molecule has 0 aromatic heterocycles. The smallest absolute Gasteiger partial charge is 0.328 e. The van der Waals surface area contributed by atoms with E-state index in [1.807, 2.05) is 66.7 Å². The van der Waals surface area contributed by atoms with Crippen molar-refractivity contribution in [2.45, 2.75) is 13.1 Å². The maximum atomic E-state index is 12.5. The van der Waals surface area contributed by atoms with Gasteiger partial charge in [0.05, 0.1) is 0 Å². The van der Waals surface area contributed by atoms with E-state index in [1.54, 1.807) is 4.90 Å². The van der Waals surface area contributed by atoms with Gasteiger partial charge >= 0.3 is 5.97 Å². The number of fused-ring (bicyclic) bond motifs is 1. The molecule has 0 fully saturated rings. The predicted octanol–water partition coefficient (Wildman–Crippen LogP) is 4.01. The van der Waals surface area contributed by atoms with E-state index in [9.17, 15) is 9.59 Å². The van der Waals surface area contributed by atoms with Gasteiger partial charge in [-0.2, -0.15) is 0 Å². The Labute approximate surface area is 152 Å². The fourth-order valence-corrected chi connectivity index (χ4v) is 2.82. The highest BCUT2D eigenvalue weighted by molar-refractivity contribution is 5.94. The number of carboxylic acids is 1. The van der Waals surface area contributed by atoms with E-state index in [0.717, 1.165) is 34.1 Å². The third kappa shape index (κ3) is 4.57. The summed E-state index contributed by atoms with van der Waals surface area (Å²) in [6, 6.07) is 23.8. The van der Waals surface area contributed by atoms with Gasteiger partial charge in [0.1, 0.15) is 0 Å². The maximum Gasteiger partial charge on any atom is 0.328 e. The Bertz CT molecular complexity index is 948. The molecule has 0 unspecified atom stereocenters. The van der Waals surface area contributed by atoms with E-state index < -0.39 is 5.97 Å². The Morgan fingerprint density at radius 1 is 0.769 bits per heavy atom. The maximum absolute atomic E-state index is 12.5. The van der Waals surface area contributed by atoms with Crippen molar-refractivity contribution in [1.82, 2.24) is 4.90 Å². The van der Waals surface area contributed by atoms with Gasteiger partial charge in [-0.1, -0.05) is 66.7 Å². The van der Waals surface area contributed by atoms with E-state index in [1.165, 1.54) is 0 Å². The predicted molar refractivity (Wildman–Crippen MR) is 101 cm³/mol. The molecule has 0 radical (unpaired) electrons. The molecule has 0 bridgehead atoms. The van der Waals surface area contributed by atoms with Crippen molar-refractivity contribution in [3.8, 4) is 0 Å². The summed E-state index contributed by atoms with van der Waals surface area (Å²) < 4.78 is 0. The Morgan fingerprint density at radius 3 is 2.15 bits per heavy atom. The summed E-state index contributed by atoms with van der Waals surface area (Å²) in [5.41, 5.74) is 1.99. The van der Waals surface area contributed by atoms with Gasteiger partial charge in [-0.3, -0.25) is 4.79 Å². The number of amides is 1. The molecular formula is C22H19NO3. The van der Waals surface area contributed by atoms with E-state index in [0.29, 0.717) is 13.1 Å². The molecule has 0 aliphatic carbocycles. The highest BCUT2D eigenvalue weighted by atomic mass is 16.4. The van der Waals surface area contributed by atoms with Crippen LogP contribution in [0.3, 0.4) is 0 Å². The average molecular weight is 345 g/mol. The number of benzene rings is 3. The molecule has 0 heterocycles. The lowest BCUT2D eigenvalue weighted by Crippen LogP contribution is -2.28. The fraction of sp³-hybridized carbons (Fsp3) is 0.0909. The van der Waals surface area contributed by atoms with Crippen LogP contribution in [0.5, 0.6) is 0 Å². The van der Waals surface area contributed by atoms with Crippen LogP contribution in [0.15, 0.2) is 84.9 Å². The van der Waals surface area contributed by atoms with Crippen LogP contribution >= 0.6 is 0 Å². The number of carbonyl (C=O) groups is 2. The summed E-state index contributed by atoms with van der Waals surface area (Å²) in [7, 11) is 0. The third-order valence-corrected chi connectivity index (χ3v) is 4.08. The summed E-state index contributed by atoms with van der Waals surface area (Å²) in [5.74, 6) is -1.46. The largest absolute Gasteiger partial charge is 0.478 e. The molecule has 0 aliphatic heterocycles. The zero-order valence-electron chi connectivity index (χ0n) is 14.2. The van der Waals surface area contributed by atoms with Gasteiger partial charge in [0, 0.05) is 25.2 Å². The van der Waals surface area contributed by atoms with Crippen molar-refractivity contribution in [3.05, 3.63) is 96.1 Å². The molecule has 4 nitrogen and oxygen atoms in total. The van der Waals surface area contributed by atoms with Crippen LogP contribution in [0.4, 0.5) is 0 Å². The topological polar surface area (TPSA) is 57.6 Å². The van der Waals surface area contributed by atoms with Crippen LogP contribution in [0.1, 0.15) is 11.1 Å². The lowest BCUT2D eigenvalue weighted by atomic mass is 10.1. The minimum Gasteiger partial charge on any atom is -0.478 e. The van der Waals surface area contributed by atoms with Gasteiger partial charge < -0.3 is 10.0 Å². The highest BCUT2D eigenvalue weighted by Gasteiger charge is 2.13. The Hall–Kier alpha value is -3.40. The number of rotatable bonds is 6. The standard InChI is InChI=1S/C22H19NO3/c24-21(12-13-22(25)26)23(15-17-6-2-1-3-7-17)16-18-10-11-19-8-4-5-9-20(19)14-18/h1-14H,15-16H2,(H,25,26)/b13-12+. The van der Waals surface area contributed by atoms with Crippen molar-refractivity contribution in [2.24, 2.45) is 0 Å². The molecule has 3 aromatic rings. The molecule has 0 atom stereocenters. The van der Waals surface area contributed by atoms with Crippen LogP contribution in [0.25, 0.3) is 10.8 Å². The van der Waals surface area contributed by atoms with E-state index in [2.05, 4.69) is 6.07 Å². The average Bonchev–Trinajstić information content (AvgIpc) is 2.66. The van der Waals surface area contributed by atoms with Gasteiger partial charge in [-0.25, -0.2) is 4.79 Å². The van der Waals surface area contributed by atoms with Crippen molar-refractivity contribution in [2.75, 3.05) is 0 Å². The van der Waals surface area contributed by atoms with Crippen LogP contribution in [-0.4, -0.2) is 21.9 Å². The second-order valence-electron chi connectivity index (χ2n) is 6.03. The first kappa shape index (κ1) is 17.4. The number of hydrogen-bond acceptors (Lipinski definition) is 2. The SMILES string of the molecule is O=C(O)/C=C/C(=O)N(Cc1ccccc1)Cc1ccc2ccccc2c1. The zero-order valence-corrected chi connectivity index (χ0v) is 14.2. The molecule has 3 aromatic carbocycles. The van der Waals surface area contributed by atoms with Crippen molar-refractivity contribution < 1.29 is 14.7 Å². The molecule has 3 rings (SSSR count). The third-order valence-electron chi connectivity index (χ3n) is 4.08. The van der Waals surface area contributed by atoms with E-state index in [-0.39, 0.29) is 5.91 Å². The number of aliphatic carboxylic acids is 1. The number of hydrogen-bond donors (Lipinski definition) is 1. The van der Waals surface area contributed by atoms with Crippen LogP contribution in [0.2, 0.25) is 0 Å². The molecule has 0 aliphatic rings. The number of nitrogens with zero attached hydrogens (tertiary/aromatic N) is 1. The Kier molecular flexibility index (Phi) is 5.44.